The number of rotatable bonds is 5. The summed E-state index contributed by atoms with van der Waals surface area (Å²) in [5, 5.41) is 0. The quantitative estimate of drug-likeness (QED) is 0.781. The van der Waals surface area contributed by atoms with Crippen LogP contribution >= 0.6 is 0 Å². The average Bonchev–Trinajstić information content (AvgIpc) is 2.39. The number of hydrogen-bond acceptors (Lipinski definition) is 2. The molecule has 0 bridgehead atoms. The molecule has 0 spiro atoms. The predicted octanol–water partition coefficient (Wildman–Crippen LogP) is 3.24. The maximum absolute atomic E-state index is 13.0. The first-order valence-corrected chi connectivity index (χ1v) is 6.02. The van der Waals surface area contributed by atoms with Gasteiger partial charge in [-0.1, -0.05) is 18.2 Å². The Morgan fingerprint density at radius 1 is 1.19 bits per heavy atom. The fourth-order valence-corrected chi connectivity index (χ4v) is 1.62. The molecule has 0 fully saturated rings. The molecule has 0 unspecified atom stereocenters. The van der Waals surface area contributed by atoms with Crippen LogP contribution in [-0.4, -0.2) is 36.6 Å². The van der Waals surface area contributed by atoms with Crippen molar-refractivity contribution in [2.45, 2.75) is 25.6 Å². The molecule has 1 aromatic rings. The summed E-state index contributed by atoms with van der Waals surface area (Å²) in [5.74, 6) is -7.39. The van der Waals surface area contributed by atoms with Crippen LogP contribution < -0.4 is 4.74 Å². The Balaban J connectivity index is 2.92. The van der Waals surface area contributed by atoms with E-state index in [-0.39, 0.29) is 0 Å². The van der Waals surface area contributed by atoms with E-state index in [1.165, 1.54) is 6.07 Å². The van der Waals surface area contributed by atoms with E-state index in [9.17, 15) is 26.7 Å². The third-order valence-electron chi connectivity index (χ3n) is 2.65. The summed E-state index contributed by atoms with van der Waals surface area (Å²) in [5.41, 5.74) is 0.341. The van der Waals surface area contributed by atoms with Crippen molar-refractivity contribution in [3.8, 4) is 5.75 Å². The van der Waals surface area contributed by atoms with Gasteiger partial charge in [-0.3, -0.25) is 4.79 Å². The second-order valence-electron chi connectivity index (χ2n) is 4.27. The minimum absolute atomic E-state index is 0.299. The number of nitrogens with zero attached hydrogens (tertiary/aromatic N) is 1. The van der Waals surface area contributed by atoms with Crippen molar-refractivity contribution in [2.24, 2.45) is 0 Å². The largest absolute Gasteiger partial charge is 0.494 e. The van der Waals surface area contributed by atoms with Gasteiger partial charge in [-0.2, -0.15) is 22.0 Å². The lowest BCUT2D eigenvalue weighted by Crippen LogP contribution is -2.50. The molecule has 118 valence electrons. The molecule has 3 nitrogen and oxygen atoms in total. The van der Waals surface area contributed by atoms with Gasteiger partial charge in [-0.15, -0.1) is 0 Å². The summed E-state index contributed by atoms with van der Waals surface area (Å²) < 4.78 is 67.7. The molecule has 0 saturated carbocycles. The Morgan fingerprint density at radius 3 is 2.29 bits per heavy atom. The topological polar surface area (TPSA) is 29.5 Å². The van der Waals surface area contributed by atoms with Crippen molar-refractivity contribution in [1.82, 2.24) is 4.90 Å². The second-order valence-corrected chi connectivity index (χ2v) is 4.27. The summed E-state index contributed by atoms with van der Waals surface area (Å²) in [4.78, 5) is 11.6. The van der Waals surface area contributed by atoms with Crippen LogP contribution in [0.5, 0.6) is 5.75 Å². The first-order chi connectivity index (χ1) is 9.61. The van der Waals surface area contributed by atoms with Crippen LogP contribution in [-0.2, 0) is 11.3 Å². The van der Waals surface area contributed by atoms with E-state index in [0.717, 1.165) is 7.05 Å². The third-order valence-corrected chi connectivity index (χ3v) is 2.65. The number of carbonyl (C=O) groups excluding carboxylic acids is 1. The van der Waals surface area contributed by atoms with E-state index in [0.29, 0.717) is 22.8 Å². The molecule has 0 aliphatic heterocycles. The molecule has 1 aromatic carbocycles. The first-order valence-electron chi connectivity index (χ1n) is 6.02. The molecule has 0 aliphatic carbocycles. The maximum atomic E-state index is 13.0. The summed E-state index contributed by atoms with van der Waals surface area (Å²) >= 11 is 0. The molecule has 0 heterocycles. The lowest BCUT2D eigenvalue weighted by Gasteiger charge is -2.25. The van der Waals surface area contributed by atoms with Crippen LogP contribution in [0, 0.1) is 0 Å². The third kappa shape index (κ3) is 3.83. The monoisotopic (exact) mass is 311 g/mol. The van der Waals surface area contributed by atoms with Crippen molar-refractivity contribution >= 4 is 5.91 Å². The Kier molecular flexibility index (Phi) is 5.14. The molecule has 0 N–H and O–H groups in total. The number of amides is 1. The van der Waals surface area contributed by atoms with E-state index < -0.39 is 24.6 Å². The van der Waals surface area contributed by atoms with Gasteiger partial charge in [0.05, 0.1) is 6.61 Å². The molecule has 0 aliphatic rings. The zero-order valence-corrected chi connectivity index (χ0v) is 11.4. The summed E-state index contributed by atoms with van der Waals surface area (Å²) in [6, 6.07) is 6.22. The van der Waals surface area contributed by atoms with Crippen LogP contribution in [0.2, 0.25) is 0 Å². The standard InChI is InChI=1S/C13H14F5NO2/c1-3-21-10-7-5-4-6-9(10)8-19(2)11(20)12(14,15)13(16,17)18/h4-7H,3,8H2,1-2H3. The minimum Gasteiger partial charge on any atom is -0.494 e. The van der Waals surface area contributed by atoms with Gasteiger partial charge in [-0.05, 0) is 13.0 Å². The zero-order valence-electron chi connectivity index (χ0n) is 11.4. The van der Waals surface area contributed by atoms with Crippen LogP contribution in [0.3, 0.4) is 0 Å². The average molecular weight is 311 g/mol. The van der Waals surface area contributed by atoms with Gasteiger partial charge in [-0.25, -0.2) is 0 Å². The Hall–Kier alpha value is -1.86. The first kappa shape index (κ1) is 17.2. The van der Waals surface area contributed by atoms with Gasteiger partial charge in [0, 0.05) is 19.2 Å². The molecule has 1 amide bonds. The predicted molar refractivity (Wildman–Crippen MR) is 65.1 cm³/mol. The highest BCUT2D eigenvalue weighted by Crippen LogP contribution is 2.37. The maximum Gasteiger partial charge on any atom is 0.463 e. The van der Waals surface area contributed by atoms with Crippen molar-refractivity contribution in [3.63, 3.8) is 0 Å². The second kappa shape index (κ2) is 6.28. The number of hydrogen-bond donors (Lipinski definition) is 0. The SMILES string of the molecule is CCOc1ccccc1CN(C)C(=O)C(F)(F)C(F)(F)F. The van der Waals surface area contributed by atoms with Crippen LogP contribution in [0.1, 0.15) is 12.5 Å². The lowest BCUT2D eigenvalue weighted by atomic mass is 10.1. The molecular formula is C13H14F5NO2. The number of para-hydroxylation sites is 1. The Labute approximate surface area is 118 Å². The summed E-state index contributed by atoms with van der Waals surface area (Å²) in [6.45, 7) is 1.58. The minimum atomic E-state index is -5.92. The van der Waals surface area contributed by atoms with Crippen LogP contribution in [0.25, 0.3) is 0 Å². The Morgan fingerprint density at radius 2 is 1.76 bits per heavy atom. The zero-order chi connectivity index (χ0) is 16.3. The highest BCUT2D eigenvalue weighted by atomic mass is 19.4. The van der Waals surface area contributed by atoms with Gasteiger partial charge < -0.3 is 9.64 Å². The van der Waals surface area contributed by atoms with Gasteiger partial charge >= 0.3 is 18.0 Å². The fraction of sp³-hybridized carbons (Fsp3) is 0.462. The van der Waals surface area contributed by atoms with Crippen molar-refractivity contribution < 1.29 is 31.5 Å². The molecule has 0 atom stereocenters. The normalized spacial score (nSPS) is 12.1. The molecule has 21 heavy (non-hydrogen) atoms. The molecule has 0 radical (unpaired) electrons. The molecule has 0 aromatic heterocycles. The number of alkyl halides is 5. The van der Waals surface area contributed by atoms with Gasteiger partial charge in [0.25, 0.3) is 0 Å². The van der Waals surface area contributed by atoms with Gasteiger partial charge in [0.1, 0.15) is 5.75 Å². The molecule has 0 saturated heterocycles. The van der Waals surface area contributed by atoms with E-state index in [4.69, 9.17) is 4.74 Å². The number of benzene rings is 1. The number of ether oxygens (including phenoxy) is 1. The molecule has 1 rings (SSSR count). The highest BCUT2D eigenvalue weighted by molar-refractivity contribution is 5.84. The molecular weight excluding hydrogens is 297 g/mol. The van der Waals surface area contributed by atoms with Crippen molar-refractivity contribution in [1.29, 1.82) is 0 Å². The highest BCUT2D eigenvalue weighted by Gasteiger charge is 2.64. The van der Waals surface area contributed by atoms with E-state index in [2.05, 4.69) is 0 Å². The van der Waals surface area contributed by atoms with Crippen molar-refractivity contribution in [2.75, 3.05) is 13.7 Å². The summed E-state index contributed by atoms with van der Waals surface area (Å²) in [6.07, 6.45) is -5.92. The van der Waals surface area contributed by atoms with E-state index >= 15 is 0 Å². The van der Waals surface area contributed by atoms with Gasteiger partial charge in [0.2, 0.25) is 0 Å². The van der Waals surface area contributed by atoms with Crippen molar-refractivity contribution in [3.05, 3.63) is 29.8 Å². The van der Waals surface area contributed by atoms with E-state index in [1.54, 1.807) is 25.1 Å². The van der Waals surface area contributed by atoms with Crippen LogP contribution in [0.15, 0.2) is 24.3 Å². The number of halogens is 5. The fourth-order valence-electron chi connectivity index (χ4n) is 1.62. The lowest BCUT2D eigenvalue weighted by molar-refractivity contribution is -0.274. The smallest absolute Gasteiger partial charge is 0.463 e. The van der Waals surface area contributed by atoms with Gasteiger partial charge in [0.15, 0.2) is 0 Å². The summed E-state index contributed by atoms with van der Waals surface area (Å²) in [7, 11) is 0.880. The van der Waals surface area contributed by atoms with Crippen LogP contribution in [0.4, 0.5) is 22.0 Å². The molecule has 8 heteroatoms. The Bertz CT molecular complexity index is 502. The van der Waals surface area contributed by atoms with E-state index in [1.807, 2.05) is 0 Å². The number of carbonyl (C=O) groups is 1.